The van der Waals surface area contributed by atoms with Crippen LogP contribution in [0.25, 0.3) is 0 Å². The summed E-state index contributed by atoms with van der Waals surface area (Å²) in [7, 11) is -9.90. The predicted molar refractivity (Wildman–Crippen MR) is 358 cm³/mol. The summed E-state index contributed by atoms with van der Waals surface area (Å²) < 4.78 is 68.3. The SMILES string of the molecule is CCCCCCCCCCCCCCC(=O)O[C@H](COC(=O)CCCCCCCCCCC(C)C)COP(=O)(O)OC[C@H](O)COP(=O)(O)OC[C@@H](COC(=O)CCCCCCCCCCCCC(C)C)OC(=O)CCCCCCCCCCCCC(C)C. The molecule has 0 aliphatic heterocycles. The van der Waals surface area contributed by atoms with Gasteiger partial charge >= 0.3 is 39.5 Å². The molecule has 0 rings (SSSR count). The molecule has 2 unspecified atom stereocenters. The largest absolute Gasteiger partial charge is 0.472 e. The van der Waals surface area contributed by atoms with Crippen molar-refractivity contribution in [2.24, 2.45) is 17.8 Å². The molecule has 0 heterocycles. The lowest BCUT2D eigenvalue weighted by atomic mass is 10.0. The van der Waals surface area contributed by atoms with Crippen LogP contribution in [0, 0.1) is 17.8 Å². The van der Waals surface area contributed by atoms with Crippen molar-refractivity contribution in [1.29, 1.82) is 0 Å². The summed E-state index contributed by atoms with van der Waals surface area (Å²) in [5, 5.41) is 10.6. The van der Waals surface area contributed by atoms with Crippen molar-refractivity contribution in [3.63, 3.8) is 0 Å². The second-order valence-corrected chi connectivity index (χ2v) is 29.6. The minimum atomic E-state index is -4.95. The van der Waals surface area contributed by atoms with Crippen molar-refractivity contribution < 1.29 is 80.2 Å². The van der Waals surface area contributed by atoms with Crippen LogP contribution >= 0.6 is 15.6 Å². The van der Waals surface area contributed by atoms with Gasteiger partial charge in [-0.05, 0) is 43.4 Å². The fraction of sp³-hybridized carbons (Fsp3) is 0.943. The molecule has 5 atom stereocenters. The Labute approximate surface area is 543 Å². The second kappa shape index (κ2) is 61.0. The molecule has 0 spiro atoms. The van der Waals surface area contributed by atoms with Crippen LogP contribution in [0.15, 0.2) is 0 Å². The van der Waals surface area contributed by atoms with Crippen molar-refractivity contribution >= 4 is 39.5 Å². The maximum absolute atomic E-state index is 13.0. The van der Waals surface area contributed by atoms with Crippen LogP contribution in [-0.4, -0.2) is 96.7 Å². The van der Waals surface area contributed by atoms with Crippen LogP contribution < -0.4 is 0 Å². The van der Waals surface area contributed by atoms with E-state index in [1.165, 1.54) is 161 Å². The normalized spacial score (nSPS) is 14.2. The van der Waals surface area contributed by atoms with Crippen LogP contribution in [0.3, 0.4) is 0 Å². The lowest BCUT2D eigenvalue weighted by Gasteiger charge is -2.21. The first kappa shape index (κ1) is 87.1. The first-order valence-corrected chi connectivity index (χ1v) is 39.3. The number of hydrogen-bond acceptors (Lipinski definition) is 15. The van der Waals surface area contributed by atoms with Gasteiger partial charge in [0.05, 0.1) is 26.4 Å². The third-order valence-electron chi connectivity index (χ3n) is 16.1. The number of unbranched alkanes of at least 4 members (excludes halogenated alkanes) is 36. The number of esters is 4. The molecule has 0 saturated carbocycles. The van der Waals surface area contributed by atoms with Gasteiger partial charge in [0.1, 0.15) is 19.3 Å². The van der Waals surface area contributed by atoms with E-state index < -0.39 is 97.5 Å². The molecular formula is C70H136O17P2. The average molecular weight is 1310 g/mol. The standard InChI is InChI=1S/C70H136O17P2/c1-8-9-10-11-12-13-14-15-23-32-39-46-53-69(74)86-66(58-81-68(73)52-45-38-31-26-25-29-36-43-50-63(6)7)60-85-89(78,79)83-56-64(71)55-82-88(76,77)84-59-65(87-70(75)54-47-40-33-24-19-17-21-28-35-42-49-62(4)5)57-80-67(72)51-44-37-30-22-18-16-20-27-34-41-48-61(2)3/h61-66,71H,8-60H2,1-7H3,(H,76,77)(H,78,79)/t64-,65-,66-/m1/s1. The zero-order valence-corrected chi connectivity index (χ0v) is 59.7. The molecule has 528 valence electrons. The molecule has 0 aliphatic rings. The zero-order chi connectivity index (χ0) is 65.9. The van der Waals surface area contributed by atoms with E-state index in [1.54, 1.807) is 0 Å². The Hall–Kier alpha value is -1.94. The number of phosphoric ester groups is 2. The molecule has 0 aliphatic carbocycles. The highest BCUT2D eigenvalue weighted by Crippen LogP contribution is 2.45. The number of phosphoric acid groups is 2. The lowest BCUT2D eigenvalue weighted by molar-refractivity contribution is -0.161. The second-order valence-electron chi connectivity index (χ2n) is 26.7. The molecule has 0 aromatic carbocycles. The summed E-state index contributed by atoms with van der Waals surface area (Å²) in [5.41, 5.74) is 0. The summed E-state index contributed by atoms with van der Waals surface area (Å²) in [4.78, 5) is 72.5. The highest BCUT2D eigenvalue weighted by Gasteiger charge is 2.30. The minimum Gasteiger partial charge on any atom is -0.462 e. The summed E-state index contributed by atoms with van der Waals surface area (Å²) >= 11 is 0. The zero-order valence-electron chi connectivity index (χ0n) is 57.9. The van der Waals surface area contributed by atoms with E-state index in [1.807, 2.05) is 0 Å². The number of ether oxygens (including phenoxy) is 4. The molecule has 19 heteroatoms. The molecule has 89 heavy (non-hydrogen) atoms. The molecule has 0 bridgehead atoms. The Morgan fingerprint density at radius 3 is 0.764 bits per heavy atom. The fourth-order valence-corrected chi connectivity index (χ4v) is 12.1. The number of rotatable bonds is 68. The van der Waals surface area contributed by atoms with Gasteiger partial charge in [-0.3, -0.25) is 37.3 Å². The number of aliphatic hydroxyl groups excluding tert-OH is 1. The van der Waals surface area contributed by atoms with Crippen LogP contribution in [0.2, 0.25) is 0 Å². The molecule has 0 radical (unpaired) electrons. The van der Waals surface area contributed by atoms with E-state index in [4.69, 9.17) is 37.0 Å². The molecule has 17 nitrogen and oxygen atoms in total. The summed E-state index contributed by atoms with van der Waals surface area (Å²) in [6, 6.07) is 0. The Morgan fingerprint density at radius 2 is 0.517 bits per heavy atom. The van der Waals surface area contributed by atoms with Crippen molar-refractivity contribution in [3.8, 4) is 0 Å². The molecule has 0 fully saturated rings. The third-order valence-corrected chi connectivity index (χ3v) is 18.0. The smallest absolute Gasteiger partial charge is 0.462 e. The number of carbonyl (C=O) groups is 4. The monoisotopic (exact) mass is 1310 g/mol. The Morgan fingerprint density at radius 1 is 0.303 bits per heavy atom. The van der Waals surface area contributed by atoms with Gasteiger partial charge in [-0.25, -0.2) is 9.13 Å². The van der Waals surface area contributed by atoms with Gasteiger partial charge in [-0.15, -0.1) is 0 Å². The molecular weight excluding hydrogens is 1170 g/mol. The van der Waals surface area contributed by atoms with Gasteiger partial charge in [0.15, 0.2) is 12.2 Å². The molecule has 0 amide bonds. The fourth-order valence-electron chi connectivity index (χ4n) is 10.5. The van der Waals surface area contributed by atoms with Crippen molar-refractivity contribution in [3.05, 3.63) is 0 Å². The van der Waals surface area contributed by atoms with E-state index in [-0.39, 0.29) is 25.7 Å². The van der Waals surface area contributed by atoms with Crippen LogP contribution in [0.1, 0.15) is 350 Å². The minimum absolute atomic E-state index is 0.105. The third kappa shape index (κ3) is 64.6. The average Bonchev–Trinajstić information content (AvgIpc) is 3.67. The van der Waals surface area contributed by atoms with Gasteiger partial charge < -0.3 is 33.8 Å². The van der Waals surface area contributed by atoms with Gasteiger partial charge in [0, 0.05) is 25.7 Å². The maximum Gasteiger partial charge on any atom is 0.472 e. The topological polar surface area (TPSA) is 237 Å². The molecule has 0 aromatic rings. The van der Waals surface area contributed by atoms with E-state index in [0.29, 0.717) is 25.7 Å². The summed E-state index contributed by atoms with van der Waals surface area (Å²) in [5.74, 6) is 0.111. The van der Waals surface area contributed by atoms with E-state index in [2.05, 4.69) is 48.5 Å². The van der Waals surface area contributed by atoms with Gasteiger partial charge in [-0.1, -0.05) is 299 Å². The summed E-state index contributed by atoms with van der Waals surface area (Å²) in [6.45, 7) is 11.8. The molecule has 3 N–H and O–H groups in total. The first-order chi connectivity index (χ1) is 42.7. The Kier molecular flexibility index (Phi) is 59.6. The molecule has 0 saturated heterocycles. The van der Waals surface area contributed by atoms with E-state index in [9.17, 15) is 43.2 Å². The number of carbonyl (C=O) groups excluding carboxylic acids is 4. The highest BCUT2D eigenvalue weighted by molar-refractivity contribution is 7.47. The first-order valence-electron chi connectivity index (χ1n) is 36.3. The predicted octanol–water partition coefficient (Wildman–Crippen LogP) is 19.8. The highest BCUT2D eigenvalue weighted by atomic mass is 31.2. The quantitative estimate of drug-likeness (QED) is 0.0222. The number of hydrogen-bond donors (Lipinski definition) is 3. The van der Waals surface area contributed by atoms with E-state index in [0.717, 1.165) is 108 Å². The Bertz CT molecular complexity index is 1750. The number of aliphatic hydroxyl groups is 1. The van der Waals surface area contributed by atoms with Crippen LogP contribution in [0.5, 0.6) is 0 Å². The summed E-state index contributed by atoms with van der Waals surface area (Å²) in [6.07, 6.45) is 44.4. The van der Waals surface area contributed by atoms with Crippen molar-refractivity contribution in [1.82, 2.24) is 0 Å². The van der Waals surface area contributed by atoms with Crippen molar-refractivity contribution in [2.45, 2.75) is 369 Å². The lowest BCUT2D eigenvalue weighted by Crippen LogP contribution is -2.30. The Balaban J connectivity index is 5.26. The van der Waals surface area contributed by atoms with Crippen molar-refractivity contribution in [2.75, 3.05) is 39.6 Å². The molecule has 0 aromatic heterocycles. The van der Waals surface area contributed by atoms with Crippen LogP contribution in [-0.2, 0) is 65.4 Å². The van der Waals surface area contributed by atoms with Crippen LogP contribution in [0.4, 0.5) is 0 Å². The van der Waals surface area contributed by atoms with Gasteiger partial charge in [-0.2, -0.15) is 0 Å². The van der Waals surface area contributed by atoms with Gasteiger partial charge in [0.25, 0.3) is 0 Å². The van der Waals surface area contributed by atoms with E-state index >= 15 is 0 Å². The maximum atomic E-state index is 13.0. The van der Waals surface area contributed by atoms with Gasteiger partial charge in [0.2, 0.25) is 0 Å².